The summed E-state index contributed by atoms with van der Waals surface area (Å²) in [5.74, 6) is -0.782. The normalized spacial score (nSPS) is 11.3. The van der Waals surface area contributed by atoms with Crippen molar-refractivity contribution >= 4 is 23.7 Å². The summed E-state index contributed by atoms with van der Waals surface area (Å²) in [4.78, 5) is 36.7. The molecular weight excluding hydrogens is 396 g/mol. The molecule has 7 heteroatoms. The lowest BCUT2D eigenvalue weighted by atomic mass is 10.0. The Bertz CT molecular complexity index is 845. The first-order valence-corrected chi connectivity index (χ1v) is 10.1. The van der Waals surface area contributed by atoms with Crippen molar-refractivity contribution in [2.45, 2.75) is 72.1 Å². The summed E-state index contributed by atoms with van der Waals surface area (Å²) in [6, 6.07) is 5.18. The largest absolute Gasteiger partial charge is 0.460 e. The van der Waals surface area contributed by atoms with Gasteiger partial charge in [0.25, 0.3) is 5.91 Å². The number of alkyl carbamates (subject to hydrolysis) is 1. The van der Waals surface area contributed by atoms with Gasteiger partial charge in [-0.3, -0.25) is 9.59 Å². The maximum absolute atomic E-state index is 12.4. The van der Waals surface area contributed by atoms with E-state index in [1.54, 1.807) is 65.8 Å². The van der Waals surface area contributed by atoms with E-state index in [4.69, 9.17) is 9.47 Å². The molecule has 0 aliphatic rings. The zero-order chi connectivity index (χ0) is 23.8. The number of benzene rings is 1. The van der Waals surface area contributed by atoms with Crippen LogP contribution >= 0.6 is 0 Å². The van der Waals surface area contributed by atoms with Gasteiger partial charge >= 0.3 is 12.1 Å². The third-order valence-corrected chi connectivity index (χ3v) is 3.72. The quantitative estimate of drug-likeness (QED) is 0.355. The minimum atomic E-state index is -0.630. The molecular formula is C24H34N2O5. The number of nitrogens with one attached hydrogen (secondary N) is 2. The number of carbonyl (C=O) groups excluding carboxylic acids is 3. The number of rotatable bonds is 8. The Morgan fingerprint density at radius 1 is 1.03 bits per heavy atom. The molecule has 1 aromatic rings. The van der Waals surface area contributed by atoms with Gasteiger partial charge in [0, 0.05) is 17.8 Å². The highest BCUT2D eigenvalue weighted by molar-refractivity contribution is 6.04. The third kappa shape index (κ3) is 10.5. The molecule has 0 heterocycles. The van der Waals surface area contributed by atoms with Gasteiger partial charge in [-0.25, -0.2) is 4.79 Å². The Balaban J connectivity index is 3.04. The van der Waals surface area contributed by atoms with E-state index in [9.17, 15) is 14.4 Å². The highest BCUT2D eigenvalue weighted by Gasteiger charge is 2.20. The summed E-state index contributed by atoms with van der Waals surface area (Å²) in [6.07, 6.45) is 1.36. The standard InChI is InChI=1S/C24H34N2O5/c1-9-10-16(2)21(28)26-19-12-11-17(15-25-22(29)31-24(6,7)8)13-18(19)14-20(27)30-23(3,4)5/h9,11-13H,1-2,10,14-15H2,3-8H3,(H,25,29)(H,26,28). The van der Waals surface area contributed by atoms with E-state index in [2.05, 4.69) is 23.8 Å². The van der Waals surface area contributed by atoms with Crippen LogP contribution < -0.4 is 10.6 Å². The molecule has 0 saturated carbocycles. The molecule has 2 N–H and O–H groups in total. The second kappa shape index (κ2) is 10.8. The van der Waals surface area contributed by atoms with Crippen LogP contribution in [0.25, 0.3) is 0 Å². The zero-order valence-electron chi connectivity index (χ0n) is 19.4. The molecule has 0 radical (unpaired) electrons. The average molecular weight is 431 g/mol. The summed E-state index contributed by atoms with van der Waals surface area (Å²) in [5.41, 5.74) is 0.906. The molecule has 0 bridgehead atoms. The maximum Gasteiger partial charge on any atom is 0.407 e. The molecule has 0 aliphatic heterocycles. The van der Waals surface area contributed by atoms with Crippen molar-refractivity contribution in [1.29, 1.82) is 0 Å². The van der Waals surface area contributed by atoms with Crippen LogP contribution in [0.3, 0.4) is 0 Å². The van der Waals surface area contributed by atoms with Crippen LogP contribution in [0.1, 0.15) is 59.1 Å². The molecule has 2 amide bonds. The first kappa shape index (κ1) is 25.9. The van der Waals surface area contributed by atoms with Gasteiger partial charge < -0.3 is 20.1 Å². The lowest BCUT2D eigenvalue weighted by Crippen LogP contribution is -2.32. The summed E-state index contributed by atoms with van der Waals surface area (Å²) in [6.45, 7) is 18.2. The minimum Gasteiger partial charge on any atom is -0.460 e. The summed E-state index contributed by atoms with van der Waals surface area (Å²) in [7, 11) is 0. The lowest BCUT2D eigenvalue weighted by molar-refractivity contribution is -0.153. The van der Waals surface area contributed by atoms with E-state index < -0.39 is 23.3 Å². The van der Waals surface area contributed by atoms with Crippen LogP contribution in [0.5, 0.6) is 0 Å². The molecule has 1 rings (SSSR count). The number of hydrogen-bond acceptors (Lipinski definition) is 5. The van der Waals surface area contributed by atoms with Crippen LogP contribution in [0.2, 0.25) is 0 Å². The SMILES string of the molecule is C=CCC(=C)C(=O)Nc1ccc(CNC(=O)OC(C)(C)C)cc1CC(=O)OC(C)(C)C. The van der Waals surface area contributed by atoms with E-state index in [0.717, 1.165) is 5.56 Å². The third-order valence-electron chi connectivity index (χ3n) is 3.72. The number of amides is 2. The number of hydrogen-bond donors (Lipinski definition) is 2. The molecule has 0 aromatic heterocycles. The van der Waals surface area contributed by atoms with E-state index in [1.807, 2.05) is 0 Å². The van der Waals surface area contributed by atoms with Crippen LogP contribution in [0.15, 0.2) is 43.0 Å². The second-order valence-corrected chi connectivity index (χ2v) is 9.16. The van der Waals surface area contributed by atoms with Gasteiger partial charge in [0.15, 0.2) is 0 Å². The predicted molar refractivity (Wildman–Crippen MR) is 122 cm³/mol. The van der Waals surface area contributed by atoms with Gasteiger partial charge in [0.1, 0.15) is 11.2 Å². The number of ether oxygens (including phenoxy) is 2. The number of anilines is 1. The fraction of sp³-hybridized carbons (Fsp3) is 0.458. The topological polar surface area (TPSA) is 93.7 Å². The van der Waals surface area contributed by atoms with Crippen LogP contribution in [0.4, 0.5) is 10.5 Å². The molecule has 0 unspecified atom stereocenters. The van der Waals surface area contributed by atoms with E-state index in [0.29, 0.717) is 23.2 Å². The molecule has 31 heavy (non-hydrogen) atoms. The van der Waals surface area contributed by atoms with Crippen molar-refractivity contribution in [3.05, 3.63) is 54.1 Å². The Kier molecular flexibility index (Phi) is 9.03. The van der Waals surface area contributed by atoms with Crippen molar-refractivity contribution in [3.63, 3.8) is 0 Å². The second-order valence-electron chi connectivity index (χ2n) is 9.16. The Morgan fingerprint density at radius 2 is 1.65 bits per heavy atom. The molecule has 170 valence electrons. The highest BCUT2D eigenvalue weighted by Crippen LogP contribution is 2.21. The van der Waals surface area contributed by atoms with Crippen LogP contribution in [0, 0.1) is 0 Å². The first-order chi connectivity index (χ1) is 14.2. The van der Waals surface area contributed by atoms with Crippen molar-refractivity contribution in [1.82, 2.24) is 5.32 Å². The van der Waals surface area contributed by atoms with E-state index in [1.165, 1.54) is 0 Å². The number of carbonyl (C=O) groups is 3. The Morgan fingerprint density at radius 3 is 2.19 bits per heavy atom. The zero-order valence-corrected chi connectivity index (χ0v) is 19.4. The fourth-order valence-corrected chi connectivity index (χ4v) is 2.52. The van der Waals surface area contributed by atoms with Gasteiger partial charge in [-0.2, -0.15) is 0 Å². The highest BCUT2D eigenvalue weighted by atomic mass is 16.6. The number of esters is 1. The lowest BCUT2D eigenvalue weighted by Gasteiger charge is -2.21. The van der Waals surface area contributed by atoms with Crippen molar-refractivity contribution in [2.24, 2.45) is 0 Å². The summed E-state index contributed by atoms with van der Waals surface area (Å²) in [5, 5.41) is 5.46. The Labute approximate surface area is 184 Å². The van der Waals surface area contributed by atoms with Crippen molar-refractivity contribution in [2.75, 3.05) is 5.32 Å². The van der Waals surface area contributed by atoms with Gasteiger partial charge in [-0.05, 0) is 65.2 Å². The van der Waals surface area contributed by atoms with Crippen LogP contribution in [-0.2, 0) is 32.0 Å². The van der Waals surface area contributed by atoms with Gasteiger partial charge in [0.2, 0.25) is 0 Å². The molecule has 0 spiro atoms. The molecule has 7 nitrogen and oxygen atoms in total. The monoisotopic (exact) mass is 430 g/mol. The predicted octanol–water partition coefficient (Wildman–Crippen LogP) is 4.67. The van der Waals surface area contributed by atoms with Crippen molar-refractivity contribution in [3.8, 4) is 0 Å². The minimum absolute atomic E-state index is 0.0406. The fourth-order valence-electron chi connectivity index (χ4n) is 2.52. The van der Waals surface area contributed by atoms with E-state index >= 15 is 0 Å². The van der Waals surface area contributed by atoms with Gasteiger partial charge in [-0.1, -0.05) is 24.8 Å². The molecule has 0 saturated heterocycles. The molecule has 0 fully saturated rings. The molecule has 1 aromatic carbocycles. The van der Waals surface area contributed by atoms with Crippen LogP contribution in [-0.4, -0.2) is 29.2 Å². The van der Waals surface area contributed by atoms with Gasteiger partial charge in [0.05, 0.1) is 6.42 Å². The average Bonchev–Trinajstić information content (AvgIpc) is 2.58. The number of allylic oxidation sites excluding steroid dienone is 1. The molecule has 0 atom stereocenters. The molecule has 0 aliphatic carbocycles. The van der Waals surface area contributed by atoms with E-state index in [-0.39, 0.29) is 18.9 Å². The summed E-state index contributed by atoms with van der Waals surface area (Å²) >= 11 is 0. The van der Waals surface area contributed by atoms with Gasteiger partial charge in [-0.15, -0.1) is 6.58 Å². The smallest absolute Gasteiger partial charge is 0.407 e. The first-order valence-electron chi connectivity index (χ1n) is 10.1. The maximum atomic E-state index is 12.4. The summed E-state index contributed by atoms with van der Waals surface area (Å²) < 4.78 is 10.6. The Hall–Kier alpha value is -3.09. The van der Waals surface area contributed by atoms with Crippen molar-refractivity contribution < 1.29 is 23.9 Å².